The van der Waals surface area contributed by atoms with Crippen LogP contribution in [0.15, 0.2) is 18.2 Å². The topological polar surface area (TPSA) is 39.5 Å². The van der Waals surface area contributed by atoms with Gasteiger partial charge in [0.05, 0.1) is 24.9 Å². The van der Waals surface area contributed by atoms with Crippen LogP contribution >= 0.6 is 0 Å². The second kappa shape index (κ2) is 5.94. The van der Waals surface area contributed by atoms with E-state index in [4.69, 9.17) is 10.00 Å². The fourth-order valence-electron chi connectivity index (χ4n) is 2.48. The van der Waals surface area contributed by atoms with Crippen LogP contribution in [0.4, 0.5) is 5.69 Å². The average Bonchev–Trinajstić information content (AvgIpc) is 2.46. The first-order valence-corrected chi connectivity index (χ1v) is 6.69. The van der Waals surface area contributed by atoms with Gasteiger partial charge in [-0.3, -0.25) is 4.90 Å². The molecule has 1 aromatic carbocycles. The summed E-state index contributed by atoms with van der Waals surface area (Å²) < 4.78 is 5.44. The molecule has 0 spiro atoms. The van der Waals surface area contributed by atoms with Crippen molar-refractivity contribution in [3.63, 3.8) is 0 Å². The summed E-state index contributed by atoms with van der Waals surface area (Å²) in [6.45, 7) is 7.77. The fourth-order valence-corrected chi connectivity index (χ4v) is 2.48. The molecule has 1 aliphatic rings. The van der Waals surface area contributed by atoms with Gasteiger partial charge in [0.2, 0.25) is 0 Å². The lowest BCUT2D eigenvalue weighted by Crippen LogP contribution is -2.49. The minimum Gasteiger partial charge on any atom is -0.495 e. The number of nitrogens with zero attached hydrogens (tertiary/aromatic N) is 3. The van der Waals surface area contributed by atoms with Crippen LogP contribution in [0.5, 0.6) is 5.75 Å². The number of ether oxygens (including phenoxy) is 1. The van der Waals surface area contributed by atoms with Crippen molar-refractivity contribution in [1.29, 1.82) is 5.26 Å². The van der Waals surface area contributed by atoms with E-state index in [0.29, 0.717) is 0 Å². The van der Waals surface area contributed by atoms with E-state index >= 15 is 0 Å². The molecule has 2 rings (SSSR count). The number of hydrogen-bond acceptors (Lipinski definition) is 4. The normalized spacial score (nSPS) is 17.9. The van der Waals surface area contributed by atoms with Gasteiger partial charge in [-0.15, -0.1) is 0 Å². The van der Waals surface area contributed by atoms with Gasteiger partial charge in [0.25, 0.3) is 0 Å². The lowest BCUT2D eigenvalue weighted by molar-refractivity contribution is 0.231. The minimum atomic E-state index is 0.00144. The van der Waals surface area contributed by atoms with Crippen LogP contribution in [0, 0.1) is 18.3 Å². The Balaban J connectivity index is 2.09. The number of benzene rings is 1. The van der Waals surface area contributed by atoms with Gasteiger partial charge in [-0.2, -0.15) is 5.26 Å². The van der Waals surface area contributed by atoms with Gasteiger partial charge in [-0.25, -0.2) is 0 Å². The molecule has 4 heteroatoms. The summed E-state index contributed by atoms with van der Waals surface area (Å²) in [5.74, 6) is 0.924. The summed E-state index contributed by atoms with van der Waals surface area (Å²) >= 11 is 0. The van der Waals surface area contributed by atoms with Crippen LogP contribution in [-0.4, -0.2) is 44.2 Å². The van der Waals surface area contributed by atoms with Crippen molar-refractivity contribution in [2.75, 3.05) is 38.2 Å². The third kappa shape index (κ3) is 2.99. The van der Waals surface area contributed by atoms with Crippen molar-refractivity contribution in [1.82, 2.24) is 4.90 Å². The van der Waals surface area contributed by atoms with Crippen molar-refractivity contribution < 1.29 is 4.74 Å². The molecule has 1 aliphatic heterocycles. The lowest BCUT2D eigenvalue weighted by atomic mass is 10.1. The van der Waals surface area contributed by atoms with E-state index in [2.05, 4.69) is 34.9 Å². The molecule has 1 atom stereocenters. The molecule has 19 heavy (non-hydrogen) atoms. The second-order valence-electron chi connectivity index (χ2n) is 5.00. The number of hydrogen-bond donors (Lipinski definition) is 0. The first-order chi connectivity index (χ1) is 9.15. The molecule has 1 fully saturated rings. The fraction of sp³-hybridized carbons (Fsp3) is 0.533. The summed E-state index contributed by atoms with van der Waals surface area (Å²) in [7, 11) is 1.71. The van der Waals surface area contributed by atoms with Gasteiger partial charge in [0.15, 0.2) is 0 Å². The molecule has 1 unspecified atom stereocenters. The van der Waals surface area contributed by atoms with E-state index in [1.165, 1.54) is 5.56 Å². The Morgan fingerprint density at radius 3 is 2.53 bits per heavy atom. The molecule has 0 radical (unpaired) electrons. The molecular formula is C15H21N3O. The highest BCUT2D eigenvalue weighted by Gasteiger charge is 2.22. The molecule has 1 saturated heterocycles. The van der Waals surface area contributed by atoms with Crippen LogP contribution in [0.25, 0.3) is 0 Å². The molecule has 1 aromatic rings. The van der Waals surface area contributed by atoms with Crippen LogP contribution in [0.1, 0.15) is 12.5 Å². The van der Waals surface area contributed by atoms with E-state index in [9.17, 15) is 0 Å². The van der Waals surface area contributed by atoms with Crippen molar-refractivity contribution in [2.45, 2.75) is 19.9 Å². The number of anilines is 1. The molecular weight excluding hydrogens is 238 g/mol. The van der Waals surface area contributed by atoms with Crippen LogP contribution in [-0.2, 0) is 0 Å². The molecule has 0 aromatic heterocycles. The van der Waals surface area contributed by atoms with E-state index in [1.54, 1.807) is 7.11 Å². The SMILES string of the molecule is COc1ccc(C)cc1N1CCN(C(C)C#N)CC1. The van der Waals surface area contributed by atoms with Crippen LogP contribution in [0.2, 0.25) is 0 Å². The first-order valence-electron chi connectivity index (χ1n) is 6.69. The van der Waals surface area contributed by atoms with Gasteiger partial charge in [0, 0.05) is 26.2 Å². The van der Waals surface area contributed by atoms with Crippen LogP contribution in [0.3, 0.4) is 0 Å². The standard InChI is InChI=1S/C15H21N3O/c1-12-4-5-15(19-3)14(10-12)18-8-6-17(7-9-18)13(2)11-16/h4-5,10,13H,6-9H2,1-3H3. The maximum Gasteiger partial charge on any atom is 0.142 e. The monoisotopic (exact) mass is 259 g/mol. The first kappa shape index (κ1) is 13.7. The van der Waals surface area contributed by atoms with E-state index in [0.717, 1.165) is 37.6 Å². The van der Waals surface area contributed by atoms with Gasteiger partial charge < -0.3 is 9.64 Å². The largest absolute Gasteiger partial charge is 0.495 e. The molecule has 4 nitrogen and oxygen atoms in total. The number of nitriles is 1. The zero-order chi connectivity index (χ0) is 13.8. The molecule has 0 N–H and O–H groups in total. The Morgan fingerprint density at radius 1 is 1.26 bits per heavy atom. The Morgan fingerprint density at radius 2 is 1.95 bits per heavy atom. The van der Waals surface area contributed by atoms with E-state index < -0.39 is 0 Å². The summed E-state index contributed by atoms with van der Waals surface area (Å²) in [5.41, 5.74) is 2.40. The Labute approximate surface area is 115 Å². The highest BCUT2D eigenvalue weighted by Crippen LogP contribution is 2.30. The predicted octanol–water partition coefficient (Wildman–Crippen LogP) is 2.04. The highest BCUT2D eigenvalue weighted by molar-refractivity contribution is 5.60. The smallest absolute Gasteiger partial charge is 0.142 e. The molecule has 0 aliphatic carbocycles. The average molecular weight is 259 g/mol. The number of aryl methyl sites for hydroxylation is 1. The Kier molecular flexibility index (Phi) is 4.28. The van der Waals surface area contributed by atoms with Gasteiger partial charge >= 0.3 is 0 Å². The van der Waals surface area contributed by atoms with Crippen molar-refractivity contribution >= 4 is 5.69 Å². The minimum absolute atomic E-state index is 0.00144. The summed E-state index contributed by atoms with van der Waals surface area (Å²) in [4.78, 5) is 4.56. The lowest BCUT2D eigenvalue weighted by Gasteiger charge is -2.37. The second-order valence-corrected chi connectivity index (χ2v) is 5.00. The zero-order valence-corrected chi connectivity index (χ0v) is 11.9. The van der Waals surface area contributed by atoms with Crippen molar-refractivity contribution in [3.8, 4) is 11.8 Å². The number of piperazine rings is 1. The molecule has 1 heterocycles. The third-order valence-corrected chi connectivity index (χ3v) is 3.72. The van der Waals surface area contributed by atoms with Gasteiger partial charge in [0.1, 0.15) is 5.75 Å². The Hall–Kier alpha value is -1.73. The maximum atomic E-state index is 8.96. The summed E-state index contributed by atoms with van der Waals surface area (Å²) in [6, 6.07) is 8.56. The van der Waals surface area contributed by atoms with Gasteiger partial charge in [-0.05, 0) is 31.5 Å². The predicted molar refractivity (Wildman–Crippen MR) is 76.6 cm³/mol. The maximum absolute atomic E-state index is 8.96. The number of rotatable bonds is 3. The van der Waals surface area contributed by atoms with Crippen molar-refractivity contribution in [2.24, 2.45) is 0 Å². The molecule has 102 valence electrons. The quantitative estimate of drug-likeness (QED) is 0.832. The Bertz CT molecular complexity index is 473. The molecule has 0 saturated carbocycles. The van der Waals surface area contributed by atoms with Gasteiger partial charge in [-0.1, -0.05) is 6.07 Å². The summed E-state index contributed by atoms with van der Waals surface area (Å²) in [6.07, 6.45) is 0. The van der Waals surface area contributed by atoms with Crippen molar-refractivity contribution in [3.05, 3.63) is 23.8 Å². The number of methoxy groups -OCH3 is 1. The van der Waals surface area contributed by atoms with Crippen LogP contribution < -0.4 is 9.64 Å². The molecule has 0 amide bonds. The molecule has 0 bridgehead atoms. The third-order valence-electron chi connectivity index (χ3n) is 3.72. The van der Waals surface area contributed by atoms with E-state index in [-0.39, 0.29) is 6.04 Å². The highest BCUT2D eigenvalue weighted by atomic mass is 16.5. The van der Waals surface area contributed by atoms with E-state index in [1.807, 2.05) is 13.0 Å². The zero-order valence-electron chi connectivity index (χ0n) is 11.9. The summed E-state index contributed by atoms with van der Waals surface area (Å²) in [5, 5.41) is 8.96.